The lowest BCUT2D eigenvalue weighted by Gasteiger charge is -2.16. The van der Waals surface area contributed by atoms with Gasteiger partial charge in [0.1, 0.15) is 6.04 Å². The maximum Gasteiger partial charge on any atom is 0.326 e. The Morgan fingerprint density at radius 2 is 2.11 bits per heavy atom. The van der Waals surface area contributed by atoms with Crippen LogP contribution < -0.4 is 10.1 Å². The number of methoxy groups -OCH3 is 1. The fourth-order valence-corrected chi connectivity index (χ4v) is 1.49. The van der Waals surface area contributed by atoms with Gasteiger partial charge < -0.3 is 15.2 Å². The molecular weight excluding hydrogens is 260 g/mol. The maximum absolute atomic E-state index is 11.1. The fraction of sp³-hybridized carbons (Fsp3) is 0.600. The van der Waals surface area contributed by atoms with Gasteiger partial charge in [-0.25, -0.2) is 4.79 Å². The van der Waals surface area contributed by atoms with Gasteiger partial charge >= 0.3 is 12.0 Å². The topological polar surface area (TPSA) is 97.2 Å². The molecule has 2 N–H and O–H groups in total. The molecule has 1 aromatic heterocycles. The molecule has 0 aromatic carbocycles. The summed E-state index contributed by atoms with van der Waals surface area (Å²) in [5.74, 6) is -0.670. The van der Waals surface area contributed by atoms with E-state index in [1.54, 1.807) is 0 Å². The molecule has 100 valence electrons. The van der Waals surface area contributed by atoms with Gasteiger partial charge in [-0.15, -0.1) is 0 Å². The molecule has 1 aromatic rings. The first kappa shape index (κ1) is 14.4. The van der Waals surface area contributed by atoms with Crippen molar-refractivity contribution >= 4 is 23.5 Å². The SMILES string of the molecule is COc1nc(Cl)nc(NC(CC(C)C)C(=O)O)n1. The van der Waals surface area contributed by atoms with E-state index in [2.05, 4.69) is 20.3 Å². The number of nitrogens with zero attached hydrogens (tertiary/aromatic N) is 3. The van der Waals surface area contributed by atoms with E-state index >= 15 is 0 Å². The summed E-state index contributed by atoms with van der Waals surface area (Å²) in [6.07, 6.45) is 0.445. The van der Waals surface area contributed by atoms with E-state index in [1.807, 2.05) is 13.8 Å². The van der Waals surface area contributed by atoms with Crippen molar-refractivity contribution in [1.29, 1.82) is 0 Å². The molecule has 1 unspecified atom stereocenters. The van der Waals surface area contributed by atoms with Crippen molar-refractivity contribution in [3.63, 3.8) is 0 Å². The van der Waals surface area contributed by atoms with Gasteiger partial charge in [-0.1, -0.05) is 13.8 Å². The summed E-state index contributed by atoms with van der Waals surface area (Å²) in [6.45, 7) is 3.86. The van der Waals surface area contributed by atoms with Crippen LogP contribution in [-0.2, 0) is 4.79 Å². The summed E-state index contributed by atoms with van der Waals surface area (Å²) < 4.78 is 4.82. The number of aliphatic carboxylic acids is 1. The predicted octanol–water partition coefficient (Wildman–Crippen LogP) is 1.44. The molecule has 8 heteroatoms. The number of hydrogen-bond donors (Lipinski definition) is 2. The highest BCUT2D eigenvalue weighted by Crippen LogP contribution is 2.14. The number of aromatic nitrogens is 3. The smallest absolute Gasteiger partial charge is 0.326 e. The lowest BCUT2D eigenvalue weighted by atomic mass is 10.0. The van der Waals surface area contributed by atoms with Crippen molar-refractivity contribution < 1.29 is 14.6 Å². The second-order valence-electron chi connectivity index (χ2n) is 4.08. The molecular formula is C10H15ClN4O3. The first-order chi connectivity index (χ1) is 8.42. The molecule has 0 saturated carbocycles. The average Bonchev–Trinajstić information content (AvgIpc) is 2.26. The summed E-state index contributed by atoms with van der Waals surface area (Å²) in [5.41, 5.74) is 0. The fourth-order valence-electron chi connectivity index (χ4n) is 1.34. The van der Waals surface area contributed by atoms with Crippen molar-refractivity contribution in [3.05, 3.63) is 5.28 Å². The molecule has 1 heterocycles. The molecule has 7 nitrogen and oxygen atoms in total. The highest BCUT2D eigenvalue weighted by atomic mass is 35.5. The number of hydrogen-bond acceptors (Lipinski definition) is 6. The third-order valence-electron chi connectivity index (χ3n) is 2.08. The van der Waals surface area contributed by atoms with E-state index in [4.69, 9.17) is 21.4 Å². The molecule has 0 amide bonds. The highest BCUT2D eigenvalue weighted by Gasteiger charge is 2.20. The predicted molar refractivity (Wildman–Crippen MR) is 65.9 cm³/mol. The molecule has 0 aliphatic rings. The number of ether oxygens (including phenoxy) is 1. The molecule has 0 fully saturated rings. The monoisotopic (exact) mass is 274 g/mol. The van der Waals surface area contributed by atoms with E-state index < -0.39 is 12.0 Å². The molecule has 0 aliphatic heterocycles. The minimum Gasteiger partial charge on any atom is -0.480 e. The molecule has 0 spiro atoms. The standard InChI is InChI=1S/C10H15ClN4O3/c1-5(2)4-6(7(16)17)12-9-13-8(11)14-10(15-9)18-3/h5-6H,4H2,1-3H3,(H,16,17)(H,12,13,14,15). The summed E-state index contributed by atoms with van der Waals surface area (Å²) in [5, 5.41) is 11.7. The lowest BCUT2D eigenvalue weighted by Crippen LogP contribution is -2.31. The van der Waals surface area contributed by atoms with Crippen molar-refractivity contribution in [2.75, 3.05) is 12.4 Å². The minimum atomic E-state index is -0.973. The quantitative estimate of drug-likeness (QED) is 0.810. The van der Waals surface area contributed by atoms with Crippen molar-refractivity contribution in [1.82, 2.24) is 15.0 Å². The molecule has 0 radical (unpaired) electrons. The van der Waals surface area contributed by atoms with Crippen LogP contribution in [0.5, 0.6) is 6.01 Å². The van der Waals surface area contributed by atoms with E-state index in [1.165, 1.54) is 7.11 Å². The molecule has 1 atom stereocenters. The number of carboxylic acid groups (broad SMARTS) is 1. The van der Waals surface area contributed by atoms with Gasteiger partial charge in [-0.05, 0) is 23.9 Å². The number of nitrogens with one attached hydrogen (secondary N) is 1. The Bertz CT molecular complexity index is 428. The van der Waals surface area contributed by atoms with Gasteiger partial charge in [-0.3, -0.25) is 0 Å². The second-order valence-corrected chi connectivity index (χ2v) is 4.42. The number of carbonyl (C=O) groups is 1. The van der Waals surface area contributed by atoms with Crippen molar-refractivity contribution in [2.24, 2.45) is 5.92 Å². The van der Waals surface area contributed by atoms with Gasteiger partial charge in [0, 0.05) is 0 Å². The van der Waals surface area contributed by atoms with Gasteiger partial charge in [0.25, 0.3) is 0 Å². The first-order valence-corrected chi connectivity index (χ1v) is 5.75. The van der Waals surface area contributed by atoms with Crippen LogP contribution in [0.1, 0.15) is 20.3 Å². The van der Waals surface area contributed by atoms with Crippen LogP contribution in [0.3, 0.4) is 0 Å². The number of rotatable bonds is 6. The largest absolute Gasteiger partial charge is 0.480 e. The summed E-state index contributed by atoms with van der Waals surface area (Å²) in [6, 6.07) is -0.751. The molecule has 1 rings (SSSR count). The zero-order valence-corrected chi connectivity index (χ0v) is 11.1. The summed E-state index contributed by atoms with van der Waals surface area (Å²) in [4.78, 5) is 22.5. The van der Waals surface area contributed by atoms with Crippen LogP contribution in [0, 0.1) is 5.92 Å². The summed E-state index contributed by atoms with van der Waals surface area (Å²) >= 11 is 5.67. The molecule has 0 bridgehead atoms. The second kappa shape index (κ2) is 6.34. The van der Waals surface area contributed by atoms with Gasteiger partial charge in [0.05, 0.1) is 7.11 Å². The third-order valence-corrected chi connectivity index (χ3v) is 2.25. The van der Waals surface area contributed by atoms with E-state index in [0.717, 1.165) is 0 Å². The molecule has 18 heavy (non-hydrogen) atoms. The normalized spacial score (nSPS) is 12.3. The van der Waals surface area contributed by atoms with Crippen LogP contribution in [-0.4, -0.2) is 39.2 Å². The van der Waals surface area contributed by atoms with E-state index in [0.29, 0.717) is 6.42 Å². The molecule has 0 aliphatic carbocycles. The van der Waals surface area contributed by atoms with E-state index in [-0.39, 0.29) is 23.2 Å². The Hall–Kier alpha value is -1.63. The first-order valence-electron chi connectivity index (χ1n) is 5.37. The number of carboxylic acids is 1. The molecule has 0 saturated heterocycles. The maximum atomic E-state index is 11.1. The van der Waals surface area contributed by atoms with Crippen LogP contribution in [0.2, 0.25) is 5.28 Å². The Labute approximate surface area is 110 Å². The minimum absolute atomic E-state index is 0.0335. The van der Waals surface area contributed by atoms with Crippen LogP contribution in [0.25, 0.3) is 0 Å². The van der Waals surface area contributed by atoms with Gasteiger partial charge in [-0.2, -0.15) is 15.0 Å². The summed E-state index contributed by atoms with van der Waals surface area (Å²) in [7, 11) is 1.39. The third kappa shape index (κ3) is 4.33. The van der Waals surface area contributed by atoms with Crippen LogP contribution in [0.4, 0.5) is 5.95 Å². The van der Waals surface area contributed by atoms with Crippen LogP contribution >= 0.6 is 11.6 Å². The highest BCUT2D eigenvalue weighted by molar-refractivity contribution is 6.28. The van der Waals surface area contributed by atoms with Crippen molar-refractivity contribution in [2.45, 2.75) is 26.3 Å². The van der Waals surface area contributed by atoms with Crippen LogP contribution in [0.15, 0.2) is 0 Å². The Morgan fingerprint density at radius 1 is 1.44 bits per heavy atom. The Morgan fingerprint density at radius 3 is 2.61 bits per heavy atom. The van der Waals surface area contributed by atoms with E-state index in [9.17, 15) is 4.79 Å². The number of halogens is 1. The Kier molecular flexibility index (Phi) is 5.08. The van der Waals surface area contributed by atoms with Gasteiger partial charge in [0.2, 0.25) is 11.2 Å². The Balaban J connectivity index is 2.86. The zero-order chi connectivity index (χ0) is 13.7. The lowest BCUT2D eigenvalue weighted by molar-refractivity contribution is -0.138. The van der Waals surface area contributed by atoms with Gasteiger partial charge in [0.15, 0.2) is 0 Å². The van der Waals surface area contributed by atoms with Crippen molar-refractivity contribution in [3.8, 4) is 6.01 Å². The zero-order valence-electron chi connectivity index (χ0n) is 10.3. The average molecular weight is 275 g/mol. The number of anilines is 1.